The van der Waals surface area contributed by atoms with Crippen LogP contribution in [-0.2, 0) is 6.54 Å². The van der Waals surface area contributed by atoms with E-state index in [9.17, 15) is 14.9 Å². The lowest BCUT2D eigenvalue weighted by molar-refractivity contribution is -0.384. The highest BCUT2D eigenvalue weighted by atomic mass is 16.6. The van der Waals surface area contributed by atoms with Crippen LogP contribution in [0.15, 0.2) is 102 Å². The van der Waals surface area contributed by atoms with Gasteiger partial charge in [0.15, 0.2) is 0 Å². The van der Waals surface area contributed by atoms with Gasteiger partial charge in [-0.2, -0.15) is 4.99 Å². The van der Waals surface area contributed by atoms with Gasteiger partial charge < -0.3 is 9.88 Å². The summed E-state index contributed by atoms with van der Waals surface area (Å²) in [5.41, 5.74) is 2.52. The van der Waals surface area contributed by atoms with Gasteiger partial charge in [-0.15, -0.1) is 0 Å². The number of hydrogen-bond donors (Lipinski definition) is 1. The number of amides is 1. The van der Waals surface area contributed by atoms with E-state index in [2.05, 4.69) is 15.3 Å². The van der Waals surface area contributed by atoms with Crippen molar-refractivity contribution in [1.82, 2.24) is 9.55 Å². The molecule has 1 atom stereocenters. The minimum absolute atomic E-state index is 0.137. The summed E-state index contributed by atoms with van der Waals surface area (Å²) >= 11 is 0. The molecule has 0 fully saturated rings. The Hall–Kier alpha value is -4.59. The number of hydrogen-bond acceptors (Lipinski definition) is 5. The third-order valence-corrected chi connectivity index (χ3v) is 5.27. The number of carbonyl (C=O) groups is 1. The normalized spacial score (nSPS) is 12.2. The van der Waals surface area contributed by atoms with Crippen molar-refractivity contribution in [2.75, 3.05) is 5.32 Å². The maximum atomic E-state index is 12.9. The second-order valence-corrected chi connectivity index (χ2v) is 7.70. The van der Waals surface area contributed by atoms with Crippen molar-refractivity contribution in [1.29, 1.82) is 0 Å². The van der Waals surface area contributed by atoms with Crippen LogP contribution in [0.5, 0.6) is 0 Å². The Kier molecular flexibility index (Phi) is 6.88. The molecule has 34 heavy (non-hydrogen) atoms. The fourth-order valence-corrected chi connectivity index (χ4v) is 3.53. The molecule has 8 nitrogen and oxygen atoms in total. The molecular formula is C26H23N5O3. The zero-order valence-corrected chi connectivity index (χ0v) is 18.5. The lowest BCUT2D eigenvalue weighted by Gasteiger charge is -2.15. The Balaban J connectivity index is 1.62. The van der Waals surface area contributed by atoms with Gasteiger partial charge in [-0.3, -0.25) is 19.9 Å². The first-order chi connectivity index (χ1) is 16.5. The van der Waals surface area contributed by atoms with E-state index in [4.69, 9.17) is 0 Å². The standard InChI is InChI=1S/C26H23N5O3/c1-19(22-11-5-7-15-27-22)28-23-14-13-21(17-24(23)31(33)34)26(32)29-25-12-6-8-16-30(25)18-20-9-3-2-4-10-20/h2-17,19,28H,18H2,1H3. The van der Waals surface area contributed by atoms with Gasteiger partial charge in [0.2, 0.25) is 0 Å². The Morgan fingerprint density at radius 3 is 2.56 bits per heavy atom. The Morgan fingerprint density at radius 2 is 1.82 bits per heavy atom. The van der Waals surface area contributed by atoms with E-state index < -0.39 is 10.8 Å². The highest BCUT2D eigenvalue weighted by Gasteiger charge is 2.19. The zero-order chi connectivity index (χ0) is 23.9. The molecule has 4 rings (SSSR count). The lowest BCUT2D eigenvalue weighted by atomic mass is 10.1. The first kappa shape index (κ1) is 22.6. The first-order valence-electron chi connectivity index (χ1n) is 10.8. The fourth-order valence-electron chi connectivity index (χ4n) is 3.53. The number of anilines is 1. The van der Waals surface area contributed by atoms with Crippen molar-refractivity contribution < 1.29 is 9.72 Å². The van der Waals surface area contributed by atoms with Crippen LogP contribution >= 0.6 is 0 Å². The van der Waals surface area contributed by atoms with Gasteiger partial charge in [0.05, 0.1) is 16.7 Å². The molecule has 2 aromatic carbocycles. The molecule has 0 aliphatic heterocycles. The average molecular weight is 454 g/mol. The molecule has 2 heterocycles. The van der Waals surface area contributed by atoms with Gasteiger partial charge in [-0.1, -0.05) is 42.5 Å². The van der Waals surface area contributed by atoms with Gasteiger partial charge in [0.25, 0.3) is 11.6 Å². The predicted molar refractivity (Wildman–Crippen MR) is 129 cm³/mol. The number of nitro groups is 1. The predicted octanol–water partition coefficient (Wildman–Crippen LogP) is 4.75. The molecule has 1 N–H and O–H groups in total. The summed E-state index contributed by atoms with van der Waals surface area (Å²) in [6.07, 6.45) is 3.51. The van der Waals surface area contributed by atoms with Crippen molar-refractivity contribution in [3.63, 3.8) is 0 Å². The second-order valence-electron chi connectivity index (χ2n) is 7.70. The van der Waals surface area contributed by atoms with E-state index in [1.165, 1.54) is 18.2 Å². The molecule has 4 aromatic rings. The van der Waals surface area contributed by atoms with Gasteiger partial charge in [0.1, 0.15) is 11.2 Å². The minimum Gasteiger partial charge on any atom is -0.371 e. The van der Waals surface area contributed by atoms with Gasteiger partial charge in [0, 0.05) is 30.6 Å². The molecule has 1 unspecified atom stereocenters. The van der Waals surface area contributed by atoms with Crippen molar-refractivity contribution in [3.8, 4) is 0 Å². The van der Waals surface area contributed by atoms with Crippen molar-refractivity contribution in [3.05, 3.63) is 130 Å². The van der Waals surface area contributed by atoms with Crippen LogP contribution in [0.4, 0.5) is 11.4 Å². The Labute approximate surface area is 196 Å². The molecule has 0 saturated carbocycles. The van der Waals surface area contributed by atoms with Crippen LogP contribution in [0.1, 0.15) is 34.6 Å². The van der Waals surface area contributed by atoms with Crippen molar-refractivity contribution in [2.24, 2.45) is 4.99 Å². The molecule has 1 amide bonds. The number of rotatable bonds is 7. The summed E-state index contributed by atoms with van der Waals surface area (Å²) in [7, 11) is 0. The summed E-state index contributed by atoms with van der Waals surface area (Å²) in [6.45, 7) is 2.41. The maximum absolute atomic E-state index is 12.9. The Bertz CT molecular complexity index is 1370. The van der Waals surface area contributed by atoms with Crippen molar-refractivity contribution >= 4 is 17.3 Å². The molecule has 0 aliphatic rings. The molecule has 8 heteroatoms. The van der Waals surface area contributed by atoms with E-state index in [0.717, 1.165) is 11.3 Å². The average Bonchev–Trinajstić information content (AvgIpc) is 2.86. The van der Waals surface area contributed by atoms with Crippen molar-refractivity contribution in [2.45, 2.75) is 19.5 Å². The number of aromatic nitrogens is 2. The Morgan fingerprint density at radius 1 is 1.06 bits per heavy atom. The van der Waals surface area contributed by atoms with Crippen LogP contribution in [0.25, 0.3) is 0 Å². The number of nitrogens with one attached hydrogen (secondary N) is 1. The molecular weight excluding hydrogens is 430 g/mol. The number of carbonyl (C=O) groups excluding carboxylic acids is 1. The summed E-state index contributed by atoms with van der Waals surface area (Å²) in [4.78, 5) is 32.6. The number of benzene rings is 2. The molecule has 0 aliphatic carbocycles. The number of nitrogens with zero attached hydrogens (tertiary/aromatic N) is 4. The minimum atomic E-state index is -0.555. The van der Waals surface area contributed by atoms with Gasteiger partial charge in [-0.05, 0) is 48.9 Å². The quantitative estimate of drug-likeness (QED) is 0.321. The van der Waals surface area contributed by atoms with Crippen LogP contribution in [0.2, 0.25) is 0 Å². The lowest BCUT2D eigenvalue weighted by Crippen LogP contribution is -2.22. The molecule has 170 valence electrons. The van der Waals surface area contributed by atoms with E-state index in [1.54, 1.807) is 24.4 Å². The molecule has 0 radical (unpaired) electrons. The number of pyridine rings is 2. The number of nitro benzene ring substituents is 1. The van der Waals surface area contributed by atoms with Crippen LogP contribution in [0, 0.1) is 10.1 Å². The van der Waals surface area contributed by atoms with Gasteiger partial charge >= 0.3 is 0 Å². The molecule has 2 aromatic heterocycles. The van der Waals surface area contributed by atoms with Crippen LogP contribution in [0.3, 0.4) is 0 Å². The van der Waals surface area contributed by atoms with E-state index in [1.807, 2.05) is 66.2 Å². The van der Waals surface area contributed by atoms with E-state index in [-0.39, 0.29) is 17.3 Å². The maximum Gasteiger partial charge on any atom is 0.293 e. The van der Waals surface area contributed by atoms with E-state index in [0.29, 0.717) is 17.7 Å². The molecule has 0 spiro atoms. The summed E-state index contributed by atoms with van der Waals surface area (Å²) in [5.74, 6) is -0.555. The smallest absolute Gasteiger partial charge is 0.293 e. The highest BCUT2D eigenvalue weighted by Crippen LogP contribution is 2.29. The summed E-state index contributed by atoms with van der Waals surface area (Å²) in [6, 6.07) is 24.8. The first-order valence-corrected chi connectivity index (χ1v) is 10.8. The van der Waals surface area contributed by atoms with Crippen LogP contribution in [-0.4, -0.2) is 20.4 Å². The highest BCUT2D eigenvalue weighted by molar-refractivity contribution is 5.96. The third-order valence-electron chi connectivity index (χ3n) is 5.27. The van der Waals surface area contributed by atoms with Crippen LogP contribution < -0.4 is 10.8 Å². The summed E-state index contributed by atoms with van der Waals surface area (Å²) < 4.78 is 1.85. The van der Waals surface area contributed by atoms with E-state index >= 15 is 0 Å². The molecule has 0 saturated heterocycles. The monoisotopic (exact) mass is 453 g/mol. The summed E-state index contributed by atoms with van der Waals surface area (Å²) in [5, 5.41) is 14.8. The van der Waals surface area contributed by atoms with Gasteiger partial charge in [-0.25, -0.2) is 0 Å². The largest absolute Gasteiger partial charge is 0.371 e. The topological polar surface area (TPSA) is 102 Å². The zero-order valence-electron chi connectivity index (χ0n) is 18.5. The SMILES string of the molecule is CC(Nc1ccc(C(=O)N=c2ccccn2Cc2ccccc2)cc1[N+](=O)[O-])c1ccccn1. The molecule has 0 bridgehead atoms. The second kappa shape index (κ2) is 10.4. The fraction of sp³-hybridized carbons (Fsp3) is 0.115. The third kappa shape index (κ3) is 5.42.